The highest BCUT2D eigenvalue weighted by atomic mass is 32.1. The molecule has 1 N–H and O–H groups in total. The molecule has 4 heteroatoms. The lowest BCUT2D eigenvalue weighted by molar-refractivity contribution is 0.0695. The van der Waals surface area contributed by atoms with Crippen molar-refractivity contribution in [2.75, 3.05) is 0 Å². The summed E-state index contributed by atoms with van der Waals surface area (Å²) >= 11 is 1.63. The van der Waals surface area contributed by atoms with Crippen LogP contribution in [0.25, 0.3) is 10.6 Å². The highest BCUT2D eigenvalue weighted by Crippen LogP contribution is 2.28. The van der Waals surface area contributed by atoms with Crippen LogP contribution in [0, 0.1) is 6.92 Å². The summed E-state index contributed by atoms with van der Waals surface area (Å²) in [4.78, 5) is 16.6. The van der Waals surface area contributed by atoms with Crippen LogP contribution in [0.1, 0.15) is 28.5 Å². The normalized spacial score (nSPS) is 10.5. The van der Waals surface area contributed by atoms with E-state index in [2.05, 4.69) is 4.98 Å². The van der Waals surface area contributed by atoms with Gasteiger partial charge in [-0.05, 0) is 42.5 Å². The third kappa shape index (κ3) is 2.22. The zero-order chi connectivity index (χ0) is 12.4. The summed E-state index contributed by atoms with van der Waals surface area (Å²) in [5.74, 6) is -0.913. The fourth-order valence-electron chi connectivity index (χ4n) is 1.73. The predicted octanol–water partition coefficient (Wildman–Crippen LogP) is 3.38. The summed E-state index contributed by atoms with van der Waals surface area (Å²) in [5.41, 5.74) is 2.97. The van der Waals surface area contributed by atoms with Gasteiger partial charge in [-0.1, -0.05) is 6.92 Å². The fourth-order valence-corrected chi connectivity index (χ4v) is 2.62. The van der Waals surface area contributed by atoms with Crippen LogP contribution in [0.2, 0.25) is 0 Å². The summed E-state index contributed by atoms with van der Waals surface area (Å²) in [6.45, 7) is 3.95. The van der Waals surface area contributed by atoms with Crippen LogP contribution in [0.3, 0.4) is 0 Å². The van der Waals surface area contributed by atoms with E-state index in [1.807, 2.05) is 25.3 Å². The smallest absolute Gasteiger partial charge is 0.337 e. The third-order valence-electron chi connectivity index (χ3n) is 2.63. The molecule has 0 aromatic carbocycles. The number of hydrogen-bond donors (Lipinski definition) is 1. The molecule has 0 aliphatic carbocycles. The summed E-state index contributed by atoms with van der Waals surface area (Å²) in [7, 11) is 0. The second-order valence-corrected chi connectivity index (χ2v) is 4.70. The Morgan fingerprint density at radius 1 is 1.41 bits per heavy atom. The first-order chi connectivity index (χ1) is 8.13. The first kappa shape index (κ1) is 11.8. The monoisotopic (exact) mass is 247 g/mol. The Bertz CT molecular complexity index is 560. The van der Waals surface area contributed by atoms with E-state index >= 15 is 0 Å². The van der Waals surface area contributed by atoms with Gasteiger partial charge < -0.3 is 5.11 Å². The molecule has 2 aromatic heterocycles. The van der Waals surface area contributed by atoms with Crippen LogP contribution < -0.4 is 0 Å². The molecule has 2 rings (SSSR count). The number of rotatable bonds is 3. The molecule has 0 aliphatic rings. The lowest BCUT2D eigenvalue weighted by Gasteiger charge is -2.06. The highest BCUT2D eigenvalue weighted by Gasteiger charge is 2.12. The SMILES string of the molecule is CCc1nc(-c2sccc2C)ccc1C(=O)O. The molecule has 0 spiro atoms. The molecule has 0 fully saturated rings. The van der Waals surface area contributed by atoms with Gasteiger partial charge in [0.15, 0.2) is 0 Å². The third-order valence-corrected chi connectivity index (χ3v) is 3.67. The van der Waals surface area contributed by atoms with Crippen molar-refractivity contribution in [1.29, 1.82) is 0 Å². The minimum absolute atomic E-state index is 0.297. The first-order valence-corrected chi connectivity index (χ1v) is 6.29. The Kier molecular flexibility index (Phi) is 3.24. The number of pyridine rings is 1. The van der Waals surface area contributed by atoms with Crippen molar-refractivity contribution in [1.82, 2.24) is 4.98 Å². The molecular formula is C13H13NO2S. The first-order valence-electron chi connectivity index (χ1n) is 5.41. The van der Waals surface area contributed by atoms with Crippen molar-refractivity contribution in [2.24, 2.45) is 0 Å². The average Bonchev–Trinajstić information content (AvgIpc) is 2.74. The van der Waals surface area contributed by atoms with E-state index in [1.54, 1.807) is 23.5 Å². The number of hydrogen-bond acceptors (Lipinski definition) is 3. The number of aromatic nitrogens is 1. The van der Waals surface area contributed by atoms with Gasteiger partial charge in [-0.2, -0.15) is 0 Å². The van der Waals surface area contributed by atoms with Crippen LogP contribution >= 0.6 is 11.3 Å². The Balaban J connectivity index is 2.52. The zero-order valence-electron chi connectivity index (χ0n) is 9.73. The largest absolute Gasteiger partial charge is 0.478 e. The van der Waals surface area contributed by atoms with Gasteiger partial charge in [0.1, 0.15) is 0 Å². The predicted molar refractivity (Wildman–Crippen MR) is 68.6 cm³/mol. The molecule has 3 nitrogen and oxygen atoms in total. The number of thiophene rings is 1. The number of aryl methyl sites for hydroxylation is 2. The van der Waals surface area contributed by atoms with Crippen molar-refractivity contribution in [3.63, 3.8) is 0 Å². The minimum atomic E-state index is -0.913. The van der Waals surface area contributed by atoms with Gasteiger partial charge in [0.25, 0.3) is 0 Å². The molecule has 0 saturated carbocycles. The molecule has 88 valence electrons. The van der Waals surface area contributed by atoms with E-state index < -0.39 is 5.97 Å². The second-order valence-electron chi connectivity index (χ2n) is 3.78. The van der Waals surface area contributed by atoms with Crippen LogP contribution in [-0.2, 0) is 6.42 Å². The van der Waals surface area contributed by atoms with Crippen LogP contribution in [0.5, 0.6) is 0 Å². The maximum Gasteiger partial charge on any atom is 0.337 e. The standard InChI is InChI=1S/C13H13NO2S/c1-3-10-9(13(15)16)4-5-11(14-10)12-8(2)6-7-17-12/h4-7H,3H2,1-2H3,(H,15,16). The summed E-state index contributed by atoms with van der Waals surface area (Å²) in [5, 5.41) is 11.1. The van der Waals surface area contributed by atoms with E-state index in [0.717, 1.165) is 10.6 Å². The van der Waals surface area contributed by atoms with Gasteiger partial charge in [-0.25, -0.2) is 4.79 Å². The Morgan fingerprint density at radius 2 is 2.18 bits per heavy atom. The number of carboxylic acid groups (broad SMARTS) is 1. The molecule has 0 aliphatic heterocycles. The highest BCUT2D eigenvalue weighted by molar-refractivity contribution is 7.13. The number of aromatic carboxylic acids is 1. The van der Waals surface area contributed by atoms with Gasteiger partial charge in [0.05, 0.1) is 21.8 Å². The van der Waals surface area contributed by atoms with E-state index in [9.17, 15) is 4.79 Å². The lowest BCUT2D eigenvalue weighted by Crippen LogP contribution is -2.04. The van der Waals surface area contributed by atoms with Crippen molar-refractivity contribution >= 4 is 17.3 Å². The summed E-state index contributed by atoms with van der Waals surface area (Å²) in [6, 6.07) is 5.46. The van der Waals surface area contributed by atoms with Crippen molar-refractivity contribution < 1.29 is 9.90 Å². The summed E-state index contributed by atoms with van der Waals surface area (Å²) in [6.07, 6.45) is 0.625. The van der Waals surface area contributed by atoms with Crippen molar-refractivity contribution in [2.45, 2.75) is 20.3 Å². The summed E-state index contributed by atoms with van der Waals surface area (Å²) < 4.78 is 0. The molecule has 0 unspecified atom stereocenters. The van der Waals surface area contributed by atoms with Crippen LogP contribution in [-0.4, -0.2) is 16.1 Å². The molecule has 0 saturated heterocycles. The van der Waals surface area contributed by atoms with Gasteiger partial charge in [-0.15, -0.1) is 11.3 Å². The average molecular weight is 247 g/mol. The lowest BCUT2D eigenvalue weighted by atomic mass is 10.1. The molecule has 2 aromatic rings. The topological polar surface area (TPSA) is 50.2 Å². The molecule has 17 heavy (non-hydrogen) atoms. The Labute approximate surface area is 104 Å². The molecule has 2 heterocycles. The quantitative estimate of drug-likeness (QED) is 0.904. The molecule has 0 bridgehead atoms. The number of carboxylic acids is 1. The maximum atomic E-state index is 11.0. The van der Waals surface area contributed by atoms with Gasteiger partial charge in [0, 0.05) is 0 Å². The fraction of sp³-hybridized carbons (Fsp3) is 0.231. The van der Waals surface area contributed by atoms with Gasteiger partial charge >= 0.3 is 5.97 Å². The Hall–Kier alpha value is -1.68. The Morgan fingerprint density at radius 3 is 2.71 bits per heavy atom. The molecular weight excluding hydrogens is 234 g/mol. The van der Waals surface area contributed by atoms with E-state index in [-0.39, 0.29) is 0 Å². The van der Waals surface area contributed by atoms with Crippen LogP contribution in [0.15, 0.2) is 23.6 Å². The maximum absolute atomic E-state index is 11.0. The van der Waals surface area contributed by atoms with Crippen LogP contribution in [0.4, 0.5) is 0 Å². The van der Waals surface area contributed by atoms with Crippen molar-refractivity contribution in [3.05, 3.63) is 40.4 Å². The number of carbonyl (C=O) groups is 1. The van der Waals surface area contributed by atoms with E-state index in [4.69, 9.17) is 5.11 Å². The van der Waals surface area contributed by atoms with E-state index in [1.165, 1.54) is 5.56 Å². The van der Waals surface area contributed by atoms with Gasteiger partial charge in [-0.3, -0.25) is 4.98 Å². The zero-order valence-corrected chi connectivity index (χ0v) is 10.5. The molecule has 0 radical (unpaired) electrons. The number of nitrogens with zero attached hydrogens (tertiary/aromatic N) is 1. The minimum Gasteiger partial charge on any atom is -0.478 e. The van der Waals surface area contributed by atoms with E-state index in [0.29, 0.717) is 17.7 Å². The molecule has 0 amide bonds. The van der Waals surface area contributed by atoms with Crippen molar-refractivity contribution in [3.8, 4) is 10.6 Å². The van der Waals surface area contributed by atoms with Gasteiger partial charge in [0.2, 0.25) is 0 Å². The molecule has 0 atom stereocenters. The second kappa shape index (κ2) is 4.67.